The van der Waals surface area contributed by atoms with Gasteiger partial charge in [0.25, 0.3) is 0 Å². The number of phenolic OH excluding ortho intramolecular Hbond substituents is 1. The van der Waals surface area contributed by atoms with Crippen LogP contribution in [0, 0.1) is 0 Å². The van der Waals surface area contributed by atoms with Crippen molar-refractivity contribution in [1.82, 2.24) is 0 Å². The maximum atomic E-state index is 12.3. The summed E-state index contributed by atoms with van der Waals surface area (Å²) in [6.07, 6.45) is 0.000329. The molecule has 0 heterocycles. The zero-order valence-electron chi connectivity index (χ0n) is 15.5. The van der Waals surface area contributed by atoms with Crippen molar-refractivity contribution in [2.45, 2.75) is 46.1 Å². The number of benzene rings is 2. The molecule has 0 spiro atoms. The Morgan fingerprint density at radius 2 is 1.64 bits per heavy atom. The lowest BCUT2D eigenvalue weighted by Gasteiger charge is -2.19. The molecule has 0 saturated carbocycles. The van der Waals surface area contributed by atoms with Gasteiger partial charge in [-0.05, 0) is 49.1 Å². The van der Waals surface area contributed by atoms with E-state index in [0.29, 0.717) is 11.5 Å². The van der Waals surface area contributed by atoms with Gasteiger partial charge in [0.15, 0.2) is 6.61 Å². The van der Waals surface area contributed by atoms with Crippen LogP contribution in [0.15, 0.2) is 42.5 Å². The van der Waals surface area contributed by atoms with Crippen molar-refractivity contribution in [3.8, 4) is 17.2 Å². The summed E-state index contributed by atoms with van der Waals surface area (Å²) < 4.78 is 11.0. The van der Waals surface area contributed by atoms with Crippen LogP contribution < -0.4 is 9.47 Å². The number of hydrogen-bond acceptors (Lipinski definition) is 4. The van der Waals surface area contributed by atoms with Gasteiger partial charge in [0.2, 0.25) is 5.78 Å². The lowest BCUT2D eigenvalue weighted by Crippen LogP contribution is -2.13. The zero-order valence-corrected chi connectivity index (χ0v) is 15.5. The van der Waals surface area contributed by atoms with Crippen molar-refractivity contribution in [2.75, 3.05) is 6.61 Å². The normalized spacial score (nSPS) is 11.4. The third kappa shape index (κ3) is 5.24. The molecule has 25 heavy (non-hydrogen) atoms. The molecule has 0 radical (unpaired) electrons. The van der Waals surface area contributed by atoms with Gasteiger partial charge < -0.3 is 14.6 Å². The van der Waals surface area contributed by atoms with Crippen molar-refractivity contribution < 1.29 is 19.4 Å². The van der Waals surface area contributed by atoms with Crippen molar-refractivity contribution in [3.63, 3.8) is 0 Å². The van der Waals surface area contributed by atoms with Crippen molar-refractivity contribution in [1.29, 1.82) is 0 Å². The van der Waals surface area contributed by atoms with Crippen molar-refractivity contribution in [2.24, 2.45) is 0 Å². The number of ether oxygens (including phenoxy) is 2. The number of carbonyl (C=O) groups excluding carboxylic acids is 1. The van der Waals surface area contributed by atoms with E-state index in [0.717, 1.165) is 0 Å². The van der Waals surface area contributed by atoms with Gasteiger partial charge in [-0.3, -0.25) is 4.79 Å². The first-order valence-corrected chi connectivity index (χ1v) is 8.43. The van der Waals surface area contributed by atoms with Crippen LogP contribution in [0.5, 0.6) is 17.2 Å². The Morgan fingerprint density at radius 1 is 1.04 bits per heavy atom. The molecule has 1 N–H and O–H groups in total. The summed E-state index contributed by atoms with van der Waals surface area (Å²) in [4.78, 5) is 12.3. The number of rotatable bonds is 6. The van der Waals surface area contributed by atoms with Crippen LogP contribution >= 0.6 is 0 Å². The standard InChI is InChI=1S/C21H26O4/c1-14(2)25-17-10-11-18(19(22)12-17)20(23)13-24-16-8-6-15(7-9-16)21(3,4)5/h6-12,14,22H,13H2,1-5H3. The highest BCUT2D eigenvalue weighted by atomic mass is 16.5. The van der Waals surface area contributed by atoms with Gasteiger partial charge in [-0.25, -0.2) is 0 Å². The van der Waals surface area contributed by atoms with Gasteiger partial charge in [-0.2, -0.15) is 0 Å². The molecule has 4 nitrogen and oxygen atoms in total. The molecule has 0 aliphatic carbocycles. The predicted octanol–water partition coefficient (Wildman–Crippen LogP) is 4.74. The fourth-order valence-corrected chi connectivity index (χ4v) is 2.37. The van der Waals surface area contributed by atoms with Crippen LogP contribution in [0.2, 0.25) is 0 Å². The molecular formula is C21H26O4. The molecule has 0 bridgehead atoms. The average molecular weight is 342 g/mol. The fourth-order valence-electron chi connectivity index (χ4n) is 2.37. The molecule has 0 aliphatic heterocycles. The van der Waals surface area contributed by atoms with Crippen LogP contribution in [0.25, 0.3) is 0 Å². The molecule has 2 aromatic carbocycles. The van der Waals surface area contributed by atoms with E-state index in [9.17, 15) is 9.90 Å². The number of ketones is 1. The third-order valence-corrected chi connectivity index (χ3v) is 3.73. The van der Waals surface area contributed by atoms with Gasteiger partial charge in [-0.1, -0.05) is 32.9 Å². The highest BCUT2D eigenvalue weighted by Crippen LogP contribution is 2.26. The first-order chi connectivity index (χ1) is 11.7. The Morgan fingerprint density at radius 3 is 2.16 bits per heavy atom. The minimum absolute atomic E-state index is 0.000329. The van der Waals surface area contributed by atoms with Crippen LogP contribution in [0.1, 0.15) is 50.5 Å². The van der Waals surface area contributed by atoms with E-state index in [-0.39, 0.29) is 35.2 Å². The summed E-state index contributed by atoms with van der Waals surface area (Å²) in [6, 6.07) is 12.4. The van der Waals surface area contributed by atoms with Crippen LogP contribution in [-0.4, -0.2) is 23.6 Å². The SMILES string of the molecule is CC(C)Oc1ccc(C(=O)COc2ccc(C(C)(C)C)cc2)c(O)c1. The summed E-state index contributed by atoms with van der Waals surface area (Å²) in [7, 11) is 0. The highest BCUT2D eigenvalue weighted by Gasteiger charge is 2.15. The Hall–Kier alpha value is -2.49. The quantitative estimate of drug-likeness (QED) is 0.771. The van der Waals surface area contributed by atoms with Crippen LogP contribution in [-0.2, 0) is 5.41 Å². The molecular weight excluding hydrogens is 316 g/mol. The molecule has 4 heteroatoms. The summed E-state index contributed by atoms with van der Waals surface area (Å²) in [5.41, 5.74) is 1.49. The number of aromatic hydroxyl groups is 1. The van der Waals surface area contributed by atoms with E-state index in [1.165, 1.54) is 11.6 Å². The summed E-state index contributed by atoms with van der Waals surface area (Å²) in [5.74, 6) is 0.770. The second-order valence-corrected chi connectivity index (χ2v) is 7.33. The van der Waals surface area contributed by atoms with E-state index >= 15 is 0 Å². The summed E-state index contributed by atoms with van der Waals surface area (Å²) in [5, 5.41) is 10.0. The first kappa shape index (κ1) is 18.8. The highest BCUT2D eigenvalue weighted by molar-refractivity contribution is 5.99. The van der Waals surface area contributed by atoms with Gasteiger partial charge >= 0.3 is 0 Å². The van der Waals surface area contributed by atoms with Gasteiger partial charge in [0.1, 0.15) is 17.2 Å². The minimum Gasteiger partial charge on any atom is -0.507 e. The van der Waals surface area contributed by atoms with Crippen LogP contribution in [0.3, 0.4) is 0 Å². The van der Waals surface area contributed by atoms with Gasteiger partial charge in [-0.15, -0.1) is 0 Å². The molecule has 0 saturated heterocycles. The molecule has 134 valence electrons. The maximum Gasteiger partial charge on any atom is 0.203 e. The smallest absolute Gasteiger partial charge is 0.203 e. The minimum atomic E-state index is -0.284. The van der Waals surface area contributed by atoms with Gasteiger partial charge in [0, 0.05) is 6.07 Å². The van der Waals surface area contributed by atoms with E-state index in [1.807, 2.05) is 38.1 Å². The Bertz CT molecular complexity index is 725. The Labute approximate surface area is 149 Å². The predicted molar refractivity (Wildman–Crippen MR) is 98.8 cm³/mol. The molecule has 2 rings (SSSR count). The number of carbonyl (C=O) groups is 1. The molecule has 0 aromatic heterocycles. The summed E-state index contributed by atoms with van der Waals surface area (Å²) in [6.45, 7) is 10.1. The molecule has 2 aromatic rings. The number of phenols is 1. The second-order valence-electron chi connectivity index (χ2n) is 7.33. The first-order valence-electron chi connectivity index (χ1n) is 8.43. The monoisotopic (exact) mass is 342 g/mol. The van der Waals surface area contributed by atoms with Crippen LogP contribution in [0.4, 0.5) is 0 Å². The van der Waals surface area contributed by atoms with E-state index in [1.54, 1.807) is 12.1 Å². The van der Waals surface area contributed by atoms with Gasteiger partial charge in [0.05, 0.1) is 11.7 Å². The molecule has 0 unspecified atom stereocenters. The molecule has 0 fully saturated rings. The number of Topliss-reactive ketones (excluding diaryl/α,β-unsaturated/α-hetero) is 1. The summed E-state index contributed by atoms with van der Waals surface area (Å²) >= 11 is 0. The van der Waals surface area contributed by atoms with E-state index < -0.39 is 0 Å². The topological polar surface area (TPSA) is 55.8 Å². The van der Waals surface area contributed by atoms with Crippen molar-refractivity contribution >= 4 is 5.78 Å². The lowest BCUT2D eigenvalue weighted by molar-refractivity contribution is 0.0918. The average Bonchev–Trinajstić information content (AvgIpc) is 2.51. The molecule has 0 amide bonds. The second kappa shape index (κ2) is 7.60. The fraction of sp³-hybridized carbons (Fsp3) is 0.381. The Balaban J connectivity index is 2.00. The molecule has 0 atom stereocenters. The third-order valence-electron chi connectivity index (χ3n) is 3.73. The largest absolute Gasteiger partial charge is 0.507 e. The van der Waals surface area contributed by atoms with E-state index in [2.05, 4.69) is 20.8 Å². The Kier molecular flexibility index (Phi) is 5.73. The lowest BCUT2D eigenvalue weighted by atomic mass is 9.87. The van der Waals surface area contributed by atoms with E-state index in [4.69, 9.17) is 9.47 Å². The zero-order chi connectivity index (χ0) is 18.6. The maximum absolute atomic E-state index is 12.3. The molecule has 0 aliphatic rings. The number of hydrogen-bond donors (Lipinski definition) is 1. The van der Waals surface area contributed by atoms with Crippen molar-refractivity contribution in [3.05, 3.63) is 53.6 Å².